The summed E-state index contributed by atoms with van der Waals surface area (Å²) >= 11 is 0. The van der Waals surface area contributed by atoms with Crippen LogP contribution in [0.2, 0.25) is 0 Å². The molecule has 3 aliphatic rings. The average Bonchev–Trinajstić information content (AvgIpc) is 2.55. The van der Waals surface area contributed by atoms with Crippen molar-refractivity contribution in [1.82, 2.24) is 10.2 Å². The third-order valence-electron chi connectivity index (χ3n) is 5.22. The van der Waals surface area contributed by atoms with E-state index in [0.29, 0.717) is 18.5 Å². The molecule has 1 aromatic rings. The summed E-state index contributed by atoms with van der Waals surface area (Å²) in [5.41, 5.74) is 0.297. The first-order valence-electron chi connectivity index (χ1n) is 8.21. The highest BCUT2D eigenvalue weighted by Gasteiger charge is 2.38. The number of nitrogens with one attached hydrogen (secondary N) is 1. The molecule has 3 fully saturated rings. The first-order valence-corrected chi connectivity index (χ1v) is 8.21. The number of hydrogen-bond acceptors (Lipinski definition) is 2. The molecule has 0 saturated carbocycles. The van der Waals surface area contributed by atoms with Crippen molar-refractivity contribution in [2.24, 2.45) is 11.8 Å². The molecular weight excluding hydrogens is 301 g/mol. The zero-order chi connectivity index (χ0) is 16.4. The van der Waals surface area contributed by atoms with Gasteiger partial charge in [0.15, 0.2) is 0 Å². The largest absolute Gasteiger partial charge is 0.416 e. The number of benzene rings is 1. The minimum atomic E-state index is -4.26. The third kappa shape index (κ3) is 3.78. The van der Waals surface area contributed by atoms with Crippen LogP contribution in [0.3, 0.4) is 0 Å². The molecule has 0 amide bonds. The van der Waals surface area contributed by atoms with Crippen molar-refractivity contribution >= 4 is 0 Å². The van der Waals surface area contributed by atoms with Crippen molar-refractivity contribution < 1.29 is 13.2 Å². The van der Waals surface area contributed by atoms with Crippen LogP contribution in [0.25, 0.3) is 0 Å². The van der Waals surface area contributed by atoms with E-state index in [1.165, 1.54) is 12.8 Å². The number of halogens is 3. The summed E-state index contributed by atoms with van der Waals surface area (Å²) in [6, 6.07) is 5.95. The number of fused-ring (bicyclic) bond motifs is 3. The van der Waals surface area contributed by atoms with Crippen molar-refractivity contribution in [3.05, 3.63) is 48.0 Å². The molecule has 0 aromatic heterocycles. The Balaban J connectivity index is 1.48. The van der Waals surface area contributed by atoms with Crippen LogP contribution < -0.4 is 5.32 Å². The van der Waals surface area contributed by atoms with E-state index in [1.54, 1.807) is 12.1 Å². The van der Waals surface area contributed by atoms with Gasteiger partial charge in [-0.05, 0) is 48.9 Å². The third-order valence-corrected chi connectivity index (χ3v) is 5.22. The summed E-state index contributed by atoms with van der Waals surface area (Å²) in [4.78, 5) is 2.52. The van der Waals surface area contributed by atoms with E-state index >= 15 is 0 Å². The molecule has 1 unspecified atom stereocenters. The minimum Gasteiger partial charge on any atom is -0.311 e. The molecule has 2 bridgehead atoms. The van der Waals surface area contributed by atoms with Gasteiger partial charge in [-0.3, -0.25) is 4.90 Å². The molecule has 1 aromatic carbocycles. The van der Waals surface area contributed by atoms with Crippen molar-refractivity contribution in [2.75, 3.05) is 19.6 Å². The molecule has 0 radical (unpaired) electrons. The lowest BCUT2D eigenvalue weighted by atomic mass is 9.75. The maximum Gasteiger partial charge on any atom is 0.416 e. The second-order valence-corrected chi connectivity index (χ2v) is 6.66. The lowest BCUT2D eigenvalue weighted by Gasteiger charge is -2.49. The first-order chi connectivity index (χ1) is 11.0. The van der Waals surface area contributed by atoms with Crippen LogP contribution in [0.4, 0.5) is 13.2 Å². The Labute approximate surface area is 135 Å². The first kappa shape index (κ1) is 16.5. The van der Waals surface area contributed by atoms with Gasteiger partial charge in [0.1, 0.15) is 0 Å². The van der Waals surface area contributed by atoms with Crippen LogP contribution in [-0.2, 0) is 12.7 Å². The van der Waals surface area contributed by atoms with E-state index in [4.69, 9.17) is 0 Å². The van der Waals surface area contributed by atoms with Gasteiger partial charge >= 0.3 is 6.18 Å². The van der Waals surface area contributed by atoms with E-state index in [2.05, 4.69) is 22.9 Å². The molecule has 5 heteroatoms. The van der Waals surface area contributed by atoms with Crippen LogP contribution in [0.15, 0.2) is 36.9 Å². The van der Waals surface area contributed by atoms with E-state index in [0.717, 1.165) is 43.2 Å². The Morgan fingerprint density at radius 2 is 2.00 bits per heavy atom. The predicted molar refractivity (Wildman–Crippen MR) is 84.9 cm³/mol. The molecule has 3 heterocycles. The van der Waals surface area contributed by atoms with Gasteiger partial charge in [-0.15, -0.1) is 6.58 Å². The Hall–Kier alpha value is -1.33. The number of alkyl halides is 3. The molecule has 4 atom stereocenters. The average molecular weight is 324 g/mol. The van der Waals surface area contributed by atoms with Crippen LogP contribution in [0.1, 0.15) is 24.0 Å². The second-order valence-electron chi connectivity index (χ2n) is 6.66. The lowest BCUT2D eigenvalue weighted by Crippen LogP contribution is -2.55. The standard InChI is InChI=1S/C18H23F3N2/c1-2-14-12-23-8-7-15(14)9-17(23)11-22-10-13-3-5-16(6-4-13)18(19,20)21/h2-6,14-15,17,22H,1,7-12H2/t14-,15-,17+/m0/s1. The van der Waals surface area contributed by atoms with Gasteiger partial charge in [0.05, 0.1) is 5.56 Å². The molecule has 126 valence electrons. The molecule has 3 saturated heterocycles. The van der Waals surface area contributed by atoms with Gasteiger partial charge in [0.25, 0.3) is 0 Å². The summed E-state index contributed by atoms with van der Waals surface area (Å²) in [5, 5.41) is 3.40. The molecular formula is C18H23F3N2. The zero-order valence-corrected chi connectivity index (χ0v) is 13.1. The maximum atomic E-state index is 12.5. The summed E-state index contributed by atoms with van der Waals surface area (Å²) in [7, 11) is 0. The molecule has 0 spiro atoms. The minimum absolute atomic E-state index is 0.541. The number of piperidine rings is 3. The smallest absolute Gasteiger partial charge is 0.311 e. The highest BCUT2D eigenvalue weighted by molar-refractivity contribution is 5.24. The number of hydrogen-bond donors (Lipinski definition) is 1. The SMILES string of the molecule is C=C[C@H]1CN2CC[C@H]1C[C@@H]2CNCc1ccc(C(F)(F)F)cc1. The number of rotatable bonds is 5. The molecule has 23 heavy (non-hydrogen) atoms. The molecule has 4 rings (SSSR count). The predicted octanol–water partition coefficient (Wildman–Crippen LogP) is 3.69. The van der Waals surface area contributed by atoms with Crippen molar-refractivity contribution in [3.63, 3.8) is 0 Å². The van der Waals surface area contributed by atoms with Gasteiger partial charge in [-0.25, -0.2) is 0 Å². The highest BCUT2D eigenvalue weighted by Crippen LogP contribution is 2.36. The normalized spacial score (nSPS) is 30.4. The van der Waals surface area contributed by atoms with E-state index in [9.17, 15) is 13.2 Å². The van der Waals surface area contributed by atoms with Gasteiger partial charge in [-0.1, -0.05) is 18.2 Å². The Morgan fingerprint density at radius 3 is 2.57 bits per heavy atom. The van der Waals surface area contributed by atoms with Crippen LogP contribution >= 0.6 is 0 Å². The topological polar surface area (TPSA) is 15.3 Å². The van der Waals surface area contributed by atoms with Gasteiger partial charge in [-0.2, -0.15) is 13.2 Å². The van der Waals surface area contributed by atoms with Crippen LogP contribution in [-0.4, -0.2) is 30.6 Å². The maximum absolute atomic E-state index is 12.5. The quantitative estimate of drug-likeness (QED) is 0.831. The Kier molecular flexibility index (Phi) is 4.78. The van der Waals surface area contributed by atoms with E-state index in [-0.39, 0.29) is 0 Å². The zero-order valence-electron chi connectivity index (χ0n) is 13.1. The molecule has 2 nitrogen and oxygen atoms in total. The Morgan fingerprint density at radius 1 is 1.26 bits per heavy atom. The summed E-state index contributed by atoms with van der Waals surface area (Å²) in [6.45, 7) is 7.68. The van der Waals surface area contributed by atoms with Crippen molar-refractivity contribution in [3.8, 4) is 0 Å². The summed E-state index contributed by atoms with van der Waals surface area (Å²) < 4.78 is 37.6. The van der Waals surface area contributed by atoms with E-state index < -0.39 is 11.7 Å². The fourth-order valence-corrected chi connectivity index (χ4v) is 3.85. The van der Waals surface area contributed by atoms with Gasteiger partial charge in [0, 0.05) is 25.7 Å². The number of nitrogens with zero attached hydrogens (tertiary/aromatic N) is 1. The lowest BCUT2D eigenvalue weighted by molar-refractivity contribution is -0.137. The van der Waals surface area contributed by atoms with Crippen molar-refractivity contribution in [2.45, 2.75) is 31.6 Å². The molecule has 3 aliphatic heterocycles. The molecule has 1 N–H and O–H groups in total. The van der Waals surface area contributed by atoms with Crippen LogP contribution in [0.5, 0.6) is 0 Å². The van der Waals surface area contributed by atoms with Gasteiger partial charge in [0.2, 0.25) is 0 Å². The van der Waals surface area contributed by atoms with Gasteiger partial charge < -0.3 is 5.32 Å². The second kappa shape index (κ2) is 6.65. The summed E-state index contributed by atoms with van der Waals surface area (Å²) in [5.74, 6) is 1.37. The fraction of sp³-hybridized carbons (Fsp3) is 0.556. The summed E-state index contributed by atoms with van der Waals surface area (Å²) in [6.07, 6.45) is 0.272. The highest BCUT2D eigenvalue weighted by atomic mass is 19.4. The fourth-order valence-electron chi connectivity index (χ4n) is 3.85. The molecule has 0 aliphatic carbocycles. The van der Waals surface area contributed by atoms with E-state index in [1.807, 2.05) is 0 Å². The Bertz CT molecular complexity index is 538. The van der Waals surface area contributed by atoms with Crippen LogP contribution in [0, 0.1) is 11.8 Å². The van der Waals surface area contributed by atoms with Crippen molar-refractivity contribution in [1.29, 1.82) is 0 Å². The monoisotopic (exact) mass is 324 g/mol.